The molecule has 25 heavy (non-hydrogen) atoms. The summed E-state index contributed by atoms with van der Waals surface area (Å²) < 4.78 is 28.2. The molecule has 7 heteroatoms. The summed E-state index contributed by atoms with van der Waals surface area (Å²) in [6.07, 6.45) is 0. The van der Waals surface area contributed by atoms with Crippen LogP contribution < -0.4 is 10.4 Å². The largest absolute Gasteiger partial charge is 0.323 e. The molecule has 0 saturated carbocycles. The minimum atomic E-state index is -3.78. The highest BCUT2D eigenvalue weighted by Gasteiger charge is 2.19. The van der Waals surface area contributed by atoms with Gasteiger partial charge in [0.15, 0.2) is 0 Å². The monoisotopic (exact) mass is 353 g/mol. The van der Waals surface area contributed by atoms with Gasteiger partial charge in [-0.3, -0.25) is 4.72 Å². The Morgan fingerprint density at radius 2 is 1.56 bits per heavy atom. The number of anilines is 1. The third kappa shape index (κ3) is 2.78. The van der Waals surface area contributed by atoms with Crippen LogP contribution in [0, 0.1) is 6.92 Å². The molecule has 0 spiro atoms. The summed E-state index contributed by atoms with van der Waals surface area (Å²) in [5, 5.41) is 1.98. The van der Waals surface area contributed by atoms with Crippen molar-refractivity contribution in [3.8, 4) is 0 Å². The maximum atomic E-state index is 12.8. The third-order valence-corrected chi connectivity index (χ3v) is 5.63. The molecule has 4 rings (SSSR count). The van der Waals surface area contributed by atoms with Crippen LogP contribution >= 0.6 is 0 Å². The molecule has 0 saturated heterocycles. The maximum absolute atomic E-state index is 12.8. The van der Waals surface area contributed by atoms with Crippen molar-refractivity contribution in [2.24, 2.45) is 0 Å². The van der Waals surface area contributed by atoms with Crippen LogP contribution in [-0.4, -0.2) is 18.4 Å². The Bertz CT molecular complexity index is 1270. The molecule has 0 fully saturated rings. The van der Waals surface area contributed by atoms with Crippen LogP contribution in [0.15, 0.2) is 64.3 Å². The SMILES string of the molecule is Cc1cc2[nH]c(=O)[nH]c2cc1S(=O)(=O)Nc1ccc2ccccc2c1. The van der Waals surface area contributed by atoms with Crippen molar-refractivity contribution in [2.45, 2.75) is 11.8 Å². The molecule has 4 aromatic rings. The van der Waals surface area contributed by atoms with Gasteiger partial charge in [-0.1, -0.05) is 30.3 Å². The summed E-state index contributed by atoms with van der Waals surface area (Å²) in [7, 11) is -3.78. The highest BCUT2D eigenvalue weighted by atomic mass is 32.2. The lowest BCUT2D eigenvalue weighted by atomic mass is 10.1. The molecule has 3 N–H and O–H groups in total. The number of imidazole rings is 1. The van der Waals surface area contributed by atoms with Crippen molar-refractivity contribution < 1.29 is 8.42 Å². The van der Waals surface area contributed by atoms with Gasteiger partial charge in [-0.2, -0.15) is 0 Å². The summed E-state index contributed by atoms with van der Waals surface area (Å²) in [6, 6.07) is 16.2. The molecule has 3 aromatic carbocycles. The van der Waals surface area contributed by atoms with Gasteiger partial charge >= 0.3 is 5.69 Å². The summed E-state index contributed by atoms with van der Waals surface area (Å²) >= 11 is 0. The maximum Gasteiger partial charge on any atom is 0.323 e. The van der Waals surface area contributed by atoms with Crippen molar-refractivity contribution in [2.75, 3.05) is 4.72 Å². The molecular weight excluding hydrogens is 338 g/mol. The van der Waals surface area contributed by atoms with E-state index in [0.29, 0.717) is 22.3 Å². The zero-order valence-corrected chi connectivity index (χ0v) is 14.1. The molecule has 0 aliphatic heterocycles. The number of sulfonamides is 1. The summed E-state index contributed by atoms with van der Waals surface area (Å²) in [5.74, 6) is 0. The second-order valence-corrected chi connectivity index (χ2v) is 7.56. The average Bonchev–Trinajstić information content (AvgIpc) is 2.92. The van der Waals surface area contributed by atoms with Crippen molar-refractivity contribution in [1.29, 1.82) is 0 Å². The van der Waals surface area contributed by atoms with E-state index in [0.717, 1.165) is 10.8 Å². The van der Waals surface area contributed by atoms with Gasteiger partial charge in [0.25, 0.3) is 10.0 Å². The van der Waals surface area contributed by atoms with Crippen LogP contribution in [-0.2, 0) is 10.0 Å². The number of H-pyrrole nitrogens is 2. The quantitative estimate of drug-likeness (QED) is 0.528. The lowest BCUT2D eigenvalue weighted by Crippen LogP contribution is -2.14. The Balaban J connectivity index is 1.78. The molecule has 0 aliphatic carbocycles. The van der Waals surface area contributed by atoms with Gasteiger partial charge in [-0.25, -0.2) is 13.2 Å². The topological polar surface area (TPSA) is 94.8 Å². The minimum Gasteiger partial charge on any atom is -0.306 e. The molecule has 0 bridgehead atoms. The molecule has 126 valence electrons. The number of aromatic amines is 2. The van der Waals surface area contributed by atoms with Gasteiger partial charge in [-0.15, -0.1) is 0 Å². The van der Waals surface area contributed by atoms with Gasteiger partial charge in [0.2, 0.25) is 0 Å². The lowest BCUT2D eigenvalue weighted by molar-refractivity contribution is 0.601. The van der Waals surface area contributed by atoms with Crippen molar-refractivity contribution in [3.63, 3.8) is 0 Å². The van der Waals surface area contributed by atoms with E-state index < -0.39 is 10.0 Å². The lowest BCUT2D eigenvalue weighted by Gasteiger charge is -2.11. The Labute approximate surface area is 143 Å². The fourth-order valence-corrected chi connectivity index (χ4v) is 4.23. The highest BCUT2D eigenvalue weighted by Crippen LogP contribution is 2.25. The van der Waals surface area contributed by atoms with Crippen LogP contribution in [0.4, 0.5) is 5.69 Å². The second kappa shape index (κ2) is 5.49. The predicted molar refractivity (Wildman–Crippen MR) is 98.4 cm³/mol. The first-order valence-corrected chi connectivity index (χ1v) is 9.15. The van der Waals surface area contributed by atoms with E-state index in [2.05, 4.69) is 14.7 Å². The molecule has 0 unspecified atom stereocenters. The molecule has 0 atom stereocenters. The standard InChI is InChI=1S/C18H15N3O3S/c1-11-8-15-16(20-18(22)19-15)10-17(11)25(23,24)21-14-7-6-12-4-2-3-5-13(12)9-14/h2-10,21H,1H3,(H2,19,20,22). The fourth-order valence-electron chi connectivity index (χ4n) is 2.92. The Morgan fingerprint density at radius 3 is 2.32 bits per heavy atom. The molecular formula is C18H15N3O3S. The van der Waals surface area contributed by atoms with Crippen molar-refractivity contribution in [1.82, 2.24) is 9.97 Å². The van der Waals surface area contributed by atoms with Crippen molar-refractivity contribution >= 4 is 37.5 Å². The van der Waals surface area contributed by atoms with Crippen molar-refractivity contribution in [3.05, 3.63) is 70.6 Å². The number of hydrogen-bond acceptors (Lipinski definition) is 3. The third-order valence-electron chi connectivity index (χ3n) is 4.10. The Kier molecular flexibility index (Phi) is 3.40. The molecule has 1 aromatic heterocycles. The fraction of sp³-hybridized carbons (Fsp3) is 0.0556. The van der Waals surface area contributed by atoms with E-state index >= 15 is 0 Å². The van der Waals surface area contributed by atoms with Crippen LogP contribution in [0.25, 0.3) is 21.8 Å². The van der Waals surface area contributed by atoms with Gasteiger partial charge < -0.3 is 9.97 Å². The number of nitrogens with one attached hydrogen (secondary N) is 3. The van der Waals surface area contributed by atoms with E-state index in [1.165, 1.54) is 6.07 Å². The number of hydrogen-bond donors (Lipinski definition) is 3. The number of rotatable bonds is 3. The van der Waals surface area contributed by atoms with Gasteiger partial charge in [0, 0.05) is 5.69 Å². The van der Waals surface area contributed by atoms with Gasteiger partial charge in [0.05, 0.1) is 15.9 Å². The number of aryl methyl sites for hydroxylation is 1. The highest BCUT2D eigenvalue weighted by molar-refractivity contribution is 7.92. The average molecular weight is 353 g/mol. The first-order chi connectivity index (χ1) is 11.9. The molecule has 0 radical (unpaired) electrons. The zero-order chi connectivity index (χ0) is 17.6. The second-order valence-electron chi connectivity index (χ2n) is 5.91. The summed E-state index contributed by atoms with van der Waals surface area (Å²) in [4.78, 5) is 16.7. The Morgan fingerprint density at radius 1 is 0.880 bits per heavy atom. The molecule has 1 heterocycles. The van der Waals surface area contributed by atoms with E-state index in [1.54, 1.807) is 25.1 Å². The van der Waals surface area contributed by atoms with Crippen LogP contribution in [0.3, 0.4) is 0 Å². The van der Waals surface area contributed by atoms with E-state index in [1.807, 2.05) is 30.3 Å². The van der Waals surface area contributed by atoms with Gasteiger partial charge in [0.1, 0.15) is 0 Å². The number of benzene rings is 3. The van der Waals surface area contributed by atoms with Crippen LogP contribution in [0.5, 0.6) is 0 Å². The first-order valence-electron chi connectivity index (χ1n) is 7.67. The summed E-state index contributed by atoms with van der Waals surface area (Å²) in [5.41, 5.74) is 1.70. The number of fused-ring (bicyclic) bond motifs is 2. The molecule has 6 nitrogen and oxygen atoms in total. The van der Waals surface area contributed by atoms with Crippen LogP contribution in [0.2, 0.25) is 0 Å². The smallest absolute Gasteiger partial charge is 0.306 e. The van der Waals surface area contributed by atoms with Gasteiger partial charge in [-0.05, 0) is 47.5 Å². The predicted octanol–water partition coefficient (Wildman–Crippen LogP) is 3.12. The van der Waals surface area contributed by atoms with E-state index in [-0.39, 0.29) is 10.6 Å². The first kappa shape index (κ1) is 15.5. The minimum absolute atomic E-state index is 0.128. The summed E-state index contributed by atoms with van der Waals surface area (Å²) in [6.45, 7) is 1.69. The molecule has 0 aliphatic rings. The number of aromatic nitrogens is 2. The normalized spacial score (nSPS) is 11.9. The Hall–Kier alpha value is -3.06. The van der Waals surface area contributed by atoms with E-state index in [4.69, 9.17) is 0 Å². The van der Waals surface area contributed by atoms with Crippen LogP contribution in [0.1, 0.15) is 5.56 Å². The van der Waals surface area contributed by atoms with E-state index in [9.17, 15) is 13.2 Å². The molecule has 0 amide bonds. The zero-order valence-electron chi connectivity index (χ0n) is 13.3.